The summed E-state index contributed by atoms with van der Waals surface area (Å²) in [5.74, 6) is 2.53. The van der Waals surface area contributed by atoms with Gasteiger partial charge in [-0.2, -0.15) is 0 Å². The molecule has 116 valence electrons. The maximum absolute atomic E-state index is 11.8. The summed E-state index contributed by atoms with van der Waals surface area (Å²) in [5, 5.41) is 11.0. The van der Waals surface area contributed by atoms with Crippen molar-refractivity contribution in [1.29, 1.82) is 5.41 Å². The number of nitrogens with one attached hydrogen (secondary N) is 2. The number of hydrogen-bond donors (Lipinski definition) is 2. The molecule has 0 fully saturated rings. The van der Waals surface area contributed by atoms with E-state index in [9.17, 15) is 4.79 Å². The molecule has 5 heteroatoms. The molecule has 2 rings (SSSR count). The second kappa shape index (κ2) is 7.23. The molecule has 0 saturated carbocycles. The summed E-state index contributed by atoms with van der Waals surface area (Å²) < 4.78 is 5.08. The Balaban J connectivity index is 2.38. The molecule has 23 heavy (non-hydrogen) atoms. The van der Waals surface area contributed by atoms with Gasteiger partial charge in [0, 0.05) is 29.1 Å². The molecule has 0 unspecified atom stereocenters. The van der Waals surface area contributed by atoms with E-state index in [4.69, 9.17) is 16.6 Å². The highest BCUT2D eigenvalue weighted by molar-refractivity contribution is 6.15. The van der Waals surface area contributed by atoms with Crippen LogP contribution in [0.15, 0.2) is 42.7 Å². The van der Waals surface area contributed by atoms with E-state index in [2.05, 4.69) is 16.2 Å². The topological polar surface area (TPSA) is 75.1 Å². The second-order valence-electron chi connectivity index (χ2n) is 5.09. The Morgan fingerprint density at radius 3 is 2.61 bits per heavy atom. The van der Waals surface area contributed by atoms with E-state index in [0.29, 0.717) is 22.4 Å². The van der Waals surface area contributed by atoms with Crippen molar-refractivity contribution in [2.75, 3.05) is 5.32 Å². The molecule has 0 atom stereocenters. The molecule has 0 aliphatic heterocycles. The van der Waals surface area contributed by atoms with Gasteiger partial charge in [0.25, 0.3) is 0 Å². The molecule has 0 bridgehead atoms. The van der Waals surface area contributed by atoms with Crippen molar-refractivity contribution in [1.82, 2.24) is 4.98 Å². The van der Waals surface area contributed by atoms with Crippen molar-refractivity contribution in [2.45, 2.75) is 20.0 Å². The second-order valence-corrected chi connectivity index (χ2v) is 5.09. The molecule has 0 saturated heterocycles. The molecule has 2 aromatic rings. The van der Waals surface area contributed by atoms with Gasteiger partial charge in [0.1, 0.15) is 0 Å². The summed E-state index contributed by atoms with van der Waals surface area (Å²) in [7, 11) is 0. The van der Waals surface area contributed by atoms with Crippen LogP contribution in [-0.4, -0.2) is 22.9 Å². The van der Waals surface area contributed by atoms with Crippen molar-refractivity contribution in [2.24, 2.45) is 0 Å². The lowest BCUT2D eigenvalue weighted by Crippen LogP contribution is -2.19. The predicted molar refractivity (Wildman–Crippen MR) is 89.8 cm³/mol. The quantitative estimate of drug-likeness (QED) is 0.671. The normalized spacial score (nSPS) is 10.0. The minimum Gasteiger partial charge on any atom is -0.447 e. The lowest BCUT2D eigenvalue weighted by atomic mass is 9.99. The zero-order valence-corrected chi connectivity index (χ0v) is 13.0. The third-order valence-corrected chi connectivity index (χ3v) is 3.00. The number of hydrogen-bond acceptors (Lipinski definition) is 4. The number of carbonyl (C=O) groups is 1. The highest BCUT2D eigenvalue weighted by Gasteiger charge is 2.14. The van der Waals surface area contributed by atoms with E-state index in [0.717, 1.165) is 0 Å². The van der Waals surface area contributed by atoms with Gasteiger partial charge in [-0.05, 0) is 44.2 Å². The number of terminal acetylenes is 1. The van der Waals surface area contributed by atoms with Crippen LogP contribution in [0.3, 0.4) is 0 Å². The fourth-order valence-electron chi connectivity index (χ4n) is 1.98. The Hall–Kier alpha value is -3.13. The van der Waals surface area contributed by atoms with Gasteiger partial charge in [-0.3, -0.25) is 15.7 Å². The number of carbonyl (C=O) groups excluding carboxylic acids is 1. The van der Waals surface area contributed by atoms with Gasteiger partial charge in [0.2, 0.25) is 0 Å². The van der Waals surface area contributed by atoms with Crippen LogP contribution in [0.5, 0.6) is 0 Å². The first-order valence-electron chi connectivity index (χ1n) is 7.09. The molecule has 1 heterocycles. The fourth-order valence-corrected chi connectivity index (χ4v) is 1.98. The van der Waals surface area contributed by atoms with Crippen LogP contribution < -0.4 is 5.32 Å². The summed E-state index contributed by atoms with van der Waals surface area (Å²) in [5.41, 5.74) is 2.53. The molecule has 0 aliphatic carbocycles. The van der Waals surface area contributed by atoms with Gasteiger partial charge in [-0.1, -0.05) is 5.92 Å². The number of ether oxygens (including phenoxy) is 1. The first kappa shape index (κ1) is 16.2. The molecule has 1 aromatic carbocycles. The number of benzene rings is 1. The number of pyridine rings is 1. The molecule has 0 aliphatic rings. The molecular formula is C18H17N3O2. The maximum Gasteiger partial charge on any atom is 0.411 e. The van der Waals surface area contributed by atoms with Crippen LogP contribution in [0.1, 0.15) is 30.5 Å². The highest BCUT2D eigenvalue weighted by atomic mass is 16.6. The van der Waals surface area contributed by atoms with Gasteiger partial charge in [-0.15, -0.1) is 6.42 Å². The number of anilines is 1. The first-order valence-corrected chi connectivity index (χ1v) is 7.09. The Bertz CT molecular complexity index is 762. The van der Waals surface area contributed by atoms with Crippen LogP contribution in [0, 0.1) is 17.8 Å². The van der Waals surface area contributed by atoms with Crippen LogP contribution in [-0.2, 0) is 4.74 Å². The number of nitrogens with zero attached hydrogens (tertiary/aromatic N) is 1. The molecule has 0 spiro atoms. The Morgan fingerprint density at radius 1 is 1.30 bits per heavy atom. The van der Waals surface area contributed by atoms with Gasteiger partial charge in [0.15, 0.2) is 0 Å². The molecule has 1 aromatic heterocycles. The zero-order valence-electron chi connectivity index (χ0n) is 13.0. The summed E-state index contributed by atoms with van der Waals surface area (Å²) >= 11 is 0. The third kappa shape index (κ3) is 4.17. The van der Waals surface area contributed by atoms with Crippen molar-refractivity contribution >= 4 is 17.5 Å². The van der Waals surface area contributed by atoms with Gasteiger partial charge in [0.05, 0.1) is 17.5 Å². The van der Waals surface area contributed by atoms with Crippen molar-refractivity contribution in [3.8, 4) is 12.3 Å². The Labute approximate surface area is 135 Å². The predicted octanol–water partition coefficient (Wildman–Crippen LogP) is 3.44. The minimum atomic E-state index is -0.572. The minimum absolute atomic E-state index is 0.233. The van der Waals surface area contributed by atoms with Crippen molar-refractivity contribution in [3.63, 3.8) is 0 Å². The van der Waals surface area contributed by atoms with E-state index >= 15 is 0 Å². The Morgan fingerprint density at radius 2 is 2.00 bits per heavy atom. The van der Waals surface area contributed by atoms with Crippen LogP contribution >= 0.6 is 0 Å². The monoisotopic (exact) mass is 307 g/mol. The average molecular weight is 307 g/mol. The van der Waals surface area contributed by atoms with Crippen LogP contribution in [0.4, 0.5) is 10.5 Å². The van der Waals surface area contributed by atoms with E-state index in [1.165, 1.54) is 0 Å². The van der Waals surface area contributed by atoms with E-state index in [1.807, 2.05) is 0 Å². The summed E-state index contributed by atoms with van der Waals surface area (Å²) in [6.45, 7) is 3.53. The van der Waals surface area contributed by atoms with Crippen molar-refractivity contribution in [3.05, 3.63) is 59.4 Å². The standard InChI is InChI=1S/C18H17N3O2/c1-4-13-5-6-16(21-18(22)23-12(2)3)15(11-13)17(19)14-7-9-20-10-8-14/h1,5-12,19H,2-3H3,(H,21,22). The smallest absolute Gasteiger partial charge is 0.411 e. The summed E-state index contributed by atoms with van der Waals surface area (Å²) in [6, 6.07) is 8.51. The third-order valence-electron chi connectivity index (χ3n) is 3.00. The van der Waals surface area contributed by atoms with Gasteiger partial charge in [-0.25, -0.2) is 4.79 Å². The van der Waals surface area contributed by atoms with Crippen LogP contribution in [0.25, 0.3) is 0 Å². The van der Waals surface area contributed by atoms with Gasteiger partial charge < -0.3 is 4.74 Å². The van der Waals surface area contributed by atoms with Crippen molar-refractivity contribution < 1.29 is 9.53 Å². The van der Waals surface area contributed by atoms with Crippen LogP contribution in [0.2, 0.25) is 0 Å². The molecular weight excluding hydrogens is 290 g/mol. The number of aromatic nitrogens is 1. The average Bonchev–Trinajstić information content (AvgIpc) is 2.54. The molecule has 1 amide bonds. The largest absolute Gasteiger partial charge is 0.447 e. The lowest BCUT2D eigenvalue weighted by Gasteiger charge is -2.14. The summed E-state index contributed by atoms with van der Waals surface area (Å²) in [4.78, 5) is 15.8. The summed E-state index contributed by atoms with van der Waals surface area (Å²) in [6.07, 6.45) is 7.84. The van der Waals surface area contributed by atoms with E-state index in [1.54, 1.807) is 56.6 Å². The number of rotatable bonds is 4. The fraction of sp³-hybridized carbons (Fsp3) is 0.167. The SMILES string of the molecule is C#Cc1ccc(NC(=O)OC(C)C)c(C(=N)c2ccncc2)c1. The lowest BCUT2D eigenvalue weighted by molar-refractivity contribution is 0.130. The molecule has 0 radical (unpaired) electrons. The molecule has 2 N–H and O–H groups in total. The van der Waals surface area contributed by atoms with E-state index in [-0.39, 0.29) is 11.8 Å². The zero-order chi connectivity index (χ0) is 16.8. The first-order chi connectivity index (χ1) is 11.0. The molecule has 5 nitrogen and oxygen atoms in total. The van der Waals surface area contributed by atoms with Gasteiger partial charge >= 0.3 is 6.09 Å². The number of amides is 1. The Kier molecular flexibility index (Phi) is 5.11. The highest BCUT2D eigenvalue weighted by Crippen LogP contribution is 2.21. The van der Waals surface area contributed by atoms with E-state index < -0.39 is 6.09 Å². The maximum atomic E-state index is 11.8.